The Morgan fingerprint density at radius 1 is 1.25 bits per heavy atom. The molecule has 0 amide bonds. The van der Waals surface area contributed by atoms with Crippen LogP contribution in [0.5, 0.6) is 0 Å². The van der Waals surface area contributed by atoms with Crippen molar-refractivity contribution in [1.29, 1.82) is 0 Å². The Kier molecular flexibility index (Phi) is 3.35. The van der Waals surface area contributed by atoms with Crippen LogP contribution >= 0.6 is 0 Å². The summed E-state index contributed by atoms with van der Waals surface area (Å²) in [6.45, 7) is 2.79. The molecule has 1 atom stereocenters. The van der Waals surface area contributed by atoms with Crippen LogP contribution in [0, 0.1) is 0 Å². The SMILES string of the molecule is CCn1cc(C(O)c2cn[nH]c2-c2ccccc2)cn1. The van der Waals surface area contributed by atoms with Crippen molar-refractivity contribution in [3.63, 3.8) is 0 Å². The van der Waals surface area contributed by atoms with Crippen LogP contribution in [0.2, 0.25) is 0 Å². The topological polar surface area (TPSA) is 66.7 Å². The molecule has 3 rings (SSSR count). The van der Waals surface area contributed by atoms with E-state index < -0.39 is 6.10 Å². The van der Waals surface area contributed by atoms with Crippen molar-refractivity contribution in [3.05, 3.63) is 60.0 Å². The summed E-state index contributed by atoms with van der Waals surface area (Å²) in [4.78, 5) is 0. The molecular formula is C15H16N4O. The highest BCUT2D eigenvalue weighted by molar-refractivity contribution is 5.63. The van der Waals surface area contributed by atoms with Gasteiger partial charge in [-0.3, -0.25) is 9.78 Å². The van der Waals surface area contributed by atoms with E-state index in [9.17, 15) is 5.11 Å². The van der Waals surface area contributed by atoms with Gasteiger partial charge >= 0.3 is 0 Å². The predicted molar refractivity (Wildman–Crippen MR) is 76.0 cm³/mol. The Hall–Kier alpha value is -2.40. The maximum atomic E-state index is 10.5. The zero-order chi connectivity index (χ0) is 13.9. The minimum Gasteiger partial charge on any atom is -0.383 e. The molecule has 0 spiro atoms. The lowest BCUT2D eigenvalue weighted by molar-refractivity contribution is 0.221. The molecule has 0 aliphatic carbocycles. The van der Waals surface area contributed by atoms with Crippen LogP contribution in [-0.2, 0) is 6.54 Å². The average Bonchev–Trinajstić information content (AvgIpc) is 3.16. The molecule has 0 aliphatic rings. The molecule has 0 bridgehead atoms. The van der Waals surface area contributed by atoms with Gasteiger partial charge in [-0.2, -0.15) is 10.2 Å². The van der Waals surface area contributed by atoms with Crippen molar-refractivity contribution in [1.82, 2.24) is 20.0 Å². The quantitative estimate of drug-likeness (QED) is 0.763. The van der Waals surface area contributed by atoms with Crippen LogP contribution in [0.1, 0.15) is 24.2 Å². The largest absolute Gasteiger partial charge is 0.383 e. The highest BCUT2D eigenvalue weighted by Gasteiger charge is 2.18. The molecule has 0 saturated carbocycles. The zero-order valence-electron chi connectivity index (χ0n) is 11.2. The van der Waals surface area contributed by atoms with Crippen molar-refractivity contribution in [2.45, 2.75) is 19.6 Å². The molecule has 20 heavy (non-hydrogen) atoms. The summed E-state index contributed by atoms with van der Waals surface area (Å²) >= 11 is 0. The van der Waals surface area contributed by atoms with Gasteiger partial charge in [0.05, 0.1) is 18.1 Å². The first kappa shape index (κ1) is 12.6. The number of aromatic amines is 1. The fourth-order valence-corrected chi connectivity index (χ4v) is 2.21. The van der Waals surface area contributed by atoms with Gasteiger partial charge < -0.3 is 5.11 Å². The zero-order valence-corrected chi connectivity index (χ0v) is 11.2. The third-order valence-electron chi connectivity index (χ3n) is 3.32. The lowest BCUT2D eigenvalue weighted by Crippen LogP contribution is -1.99. The van der Waals surface area contributed by atoms with E-state index >= 15 is 0 Å². The third kappa shape index (κ3) is 2.23. The molecule has 5 heteroatoms. The van der Waals surface area contributed by atoms with Gasteiger partial charge in [0.2, 0.25) is 0 Å². The summed E-state index contributed by atoms with van der Waals surface area (Å²) in [6, 6.07) is 9.85. The fourth-order valence-electron chi connectivity index (χ4n) is 2.21. The number of nitrogens with one attached hydrogen (secondary N) is 1. The van der Waals surface area contributed by atoms with E-state index in [0.29, 0.717) is 0 Å². The van der Waals surface area contributed by atoms with Crippen LogP contribution in [0.25, 0.3) is 11.3 Å². The van der Waals surface area contributed by atoms with Crippen LogP contribution in [-0.4, -0.2) is 25.1 Å². The number of aryl methyl sites for hydroxylation is 1. The molecule has 2 N–H and O–H groups in total. The van der Waals surface area contributed by atoms with Crippen LogP contribution in [0.4, 0.5) is 0 Å². The van der Waals surface area contributed by atoms with Crippen LogP contribution in [0.15, 0.2) is 48.9 Å². The smallest absolute Gasteiger partial charge is 0.111 e. The first-order valence-corrected chi connectivity index (χ1v) is 6.58. The second-order valence-electron chi connectivity index (χ2n) is 4.60. The second-order valence-corrected chi connectivity index (χ2v) is 4.60. The number of hydrogen-bond acceptors (Lipinski definition) is 3. The molecule has 2 aromatic heterocycles. The Labute approximate surface area is 116 Å². The number of nitrogens with zero attached hydrogens (tertiary/aromatic N) is 3. The summed E-state index contributed by atoms with van der Waals surface area (Å²) in [6.07, 6.45) is 4.47. The predicted octanol–water partition coefficient (Wildman–Crippen LogP) is 2.37. The lowest BCUT2D eigenvalue weighted by atomic mass is 10.0. The van der Waals surface area contributed by atoms with E-state index in [1.165, 1.54) is 0 Å². The number of H-pyrrole nitrogens is 1. The van der Waals surface area contributed by atoms with E-state index in [-0.39, 0.29) is 0 Å². The molecular weight excluding hydrogens is 252 g/mol. The number of rotatable bonds is 4. The standard InChI is InChI=1S/C15H16N4O/c1-2-19-10-12(8-17-19)15(20)13-9-16-18-14(13)11-6-4-3-5-7-11/h3-10,15,20H,2H2,1H3,(H,16,18). The maximum absolute atomic E-state index is 10.5. The minimum absolute atomic E-state index is 0.732. The molecule has 0 radical (unpaired) electrons. The van der Waals surface area contributed by atoms with Gasteiger partial charge in [0.15, 0.2) is 0 Å². The minimum atomic E-state index is -0.732. The lowest BCUT2D eigenvalue weighted by Gasteiger charge is -2.09. The number of hydrogen-bond donors (Lipinski definition) is 2. The summed E-state index contributed by atoms with van der Waals surface area (Å²) in [5.41, 5.74) is 3.36. The van der Waals surface area contributed by atoms with E-state index in [0.717, 1.165) is 28.9 Å². The Morgan fingerprint density at radius 3 is 2.75 bits per heavy atom. The summed E-state index contributed by atoms with van der Waals surface area (Å²) in [5, 5.41) is 21.7. The van der Waals surface area contributed by atoms with Gasteiger partial charge in [-0.05, 0) is 12.5 Å². The first-order chi connectivity index (χ1) is 9.79. The highest BCUT2D eigenvalue weighted by Crippen LogP contribution is 2.29. The van der Waals surface area contributed by atoms with Crippen molar-refractivity contribution in [2.24, 2.45) is 0 Å². The molecule has 0 fully saturated rings. The number of benzene rings is 1. The molecule has 102 valence electrons. The van der Waals surface area contributed by atoms with Gasteiger partial charge in [-0.15, -0.1) is 0 Å². The summed E-state index contributed by atoms with van der Waals surface area (Å²) < 4.78 is 1.79. The molecule has 5 nitrogen and oxygen atoms in total. The van der Waals surface area contributed by atoms with Crippen LogP contribution < -0.4 is 0 Å². The Morgan fingerprint density at radius 2 is 2.05 bits per heavy atom. The maximum Gasteiger partial charge on any atom is 0.111 e. The van der Waals surface area contributed by atoms with Gasteiger partial charge in [-0.25, -0.2) is 0 Å². The molecule has 2 heterocycles. The molecule has 0 aliphatic heterocycles. The fraction of sp³-hybridized carbons (Fsp3) is 0.200. The molecule has 0 saturated heterocycles. The van der Waals surface area contributed by atoms with E-state index in [2.05, 4.69) is 15.3 Å². The number of aliphatic hydroxyl groups excluding tert-OH is 1. The monoisotopic (exact) mass is 268 g/mol. The van der Waals surface area contributed by atoms with Gasteiger partial charge in [0, 0.05) is 23.9 Å². The van der Waals surface area contributed by atoms with Crippen molar-refractivity contribution >= 4 is 0 Å². The summed E-state index contributed by atoms with van der Waals surface area (Å²) in [5.74, 6) is 0. The van der Waals surface area contributed by atoms with E-state index in [4.69, 9.17) is 0 Å². The number of aromatic nitrogens is 4. The molecule has 3 aromatic rings. The van der Waals surface area contributed by atoms with Gasteiger partial charge in [-0.1, -0.05) is 30.3 Å². The van der Waals surface area contributed by atoms with E-state index in [1.54, 1.807) is 17.1 Å². The molecule has 1 unspecified atom stereocenters. The van der Waals surface area contributed by atoms with E-state index in [1.807, 2.05) is 43.5 Å². The third-order valence-corrected chi connectivity index (χ3v) is 3.32. The van der Waals surface area contributed by atoms with Crippen LogP contribution in [0.3, 0.4) is 0 Å². The highest BCUT2D eigenvalue weighted by atomic mass is 16.3. The normalized spacial score (nSPS) is 12.5. The van der Waals surface area contributed by atoms with Gasteiger partial charge in [0.25, 0.3) is 0 Å². The Bertz CT molecular complexity index is 687. The van der Waals surface area contributed by atoms with Gasteiger partial charge in [0.1, 0.15) is 6.10 Å². The van der Waals surface area contributed by atoms with Crippen molar-refractivity contribution in [3.8, 4) is 11.3 Å². The second kappa shape index (κ2) is 5.30. The summed E-state index contributed by atoms with van der Waals surface area (Å²) in [7, 11) is 0. The Balaban J connectivity index is 1.97. The first-order valence-electron chi connectivity index (χ1n) is 6.58. The van der Waals surface area contributed by atoms with Crippen molar-refractivity contribution in [2.75, 3.05) is 0 Å². The molecule has 1 aromatic carbocycles. The average molecular weight is 268 g/mol. The van der Waals surface area contributed by atoms with Crippen molar-refractivity contribution < 1.29 is 5.11 Å². The number of aliphatic hydroxyl groups is 1.